The van der Waals surface area contributed by atoms with E-state index in [0.717, 1.165) is 0 Å². The SMILES string of the molecule is CCO[C@H]1COC[C@@]1(C)O. The molecule has 60 valence electrons. The van der Waals surface area contributed by atoms with Gasteiger partial charge in [0.2, 0.25) is 0 Å². The predicted octanol–water partition coefficient (Wildman–Crippen LogP) is 0.173. The summed E-state index contributed by atoms with van der Waals surface area (Å²) < 4.78 is 10.3. The molecule has 3 heteroatoms. The Balaban J connectivity index is 2.43. The molecule has 0 aromatic rings. The molecule has 0 amide bonds. The van der Waals surface area contributed by atoms with Crippen LogP contribution >= 0.6 is 0 Å². The molecule has 0 spiro atoms. The maximum absolute atomic E-state index is 9.54. The fourth-order valence-electron chi connectivity index (χ4n) is 1.07. The van der Waals surface area contributed by atoms with Gasteiger partial charge in [0.1, 0.15) is 11.7 Å². The van der Waals surface area contributed by atoms with Crippen LogP contribution in [-0.4, -0.2) is 36.6 Å². The Morgan fingerprint density at radius 1 is 1.80 bits per heavy atom. The third-order valence-corrected chi connectivity index (χ3v) is 1.72. The maximum atomic E-state index is 9.54. The number of ether oxygens (including phenoxy) is 2. The van der Waals surface area contributed by atoms with Crippen LogP contribution in [0.2, 0.25) is 0 Å². The van der Waals surface area contributed by atoms with Gasteiger partial charge in [-0.2, -0.15) is 0 Å². The molecule has 3 nitrogen and oxygen atoms in total. The largest absolute Gasteiger partial charge is 0.385 e. The van der Waals surface area contributed by atoms with Crippen molar-refractivity contribution in [1.29, 1.82) is 0 Å². The highest BCUT2D eigenvalue weighted by Gasteiger charge is 2.38. The minimum absolute atomic E-state index is 0.141. The summed E-state index contributed by atoms with van der Waals surface area (Å²) in [6, 6.07) is 0. The van der Waals surface area contributed by atoms with E-state index in [1.165, 1.54) is 0 Å². The van der Waals surface area contributed by atoms with Crippen LogP contribution in [0.4, 0.5) is 0 Å². The van der Waals surface area contributed by atoms with Crippen LogP contribution in [0.1, 0.15) is 13.8 Å². The van der Waals surface area contributed by atoms with Crippen LogP contribution in [0.3, 0.4) is 0 Å². The van der Waals surface area contributed by atoms with Gasteiger partial charge in [-0.05, 0) is 13.8 Å². The lowest BCUT2D eigenvalue weighted by molar-refractivity contribution is -0.0634. The van der Waals surface area contributed by atoms with Gasteiger partial charge in [0, 0.05) is 6.61 Å². The quantitative estimate of drug-likeness (QED) is 0.603. The van der Waals surface area contributed by atoms with Crippen molar-refractivity contribution >= 4 is 0 Å². The smallest absolute Gasteiger partial charge is 0.113 e. The molecular formula is C7H14O3. The summed E-state index contributed by atoms with van der Waals surface area (Å²) in [7, 11) is 0. The molecule has 0 saturated carbocycles. The van der Waals surface area contributed by atoms with Gasteiger partial charge >= 0.3 is 0 Å². The van der Waals surface area contributed by atoms with Crippen molar-refractivity contribution in [3.05, 3.63) is 0 Å². The zero-order valence-corrected chi connectivity index (χ0v) is 6.46. The third-order valence-electron chi connectivity index (χ3n) is 1.72. The standard InChI is InChI=1S/C7H14O3/c1-3-10-6-4-9-5-7(6,2)8/h6,8H,3-5H2,1-2H3/t6-,7+/m0/s1. The minimum atomic E-state index is -0.782. The zero-order chi connectivity index (χ0) is 7.61. The Kier molecular flexibility index (Phi) is 2.28. The first-order valence-corrected chi connectivity index (χ1v) is 3.58. The molecule has 0 bridgehead atoms. The normalized spacial score (nSPS) is 40.5. The molecule has 0 aromatic carbocycles. The molecule has 1 aliphatic heterocycles. The highest BCUT2D eigenvalue weighted by molar-refractivity contribution is 4.87. The second-order valence-corrected chi connectivity index (χ2v) is 2.82. The van der Waals surface area contributed by atoms with E-state index in [1.807, 2.05) is 6.92 Å². The number of hydrogen-bond acceptors (Lipinski definition) is 3. The van der Waals surface area contributed by atoms with Crippen LogP contribution in [-0.2, 0) is 9.47 Å². The van der Waals surface area contributed by atoms with Crippen molar-refractivity contribution in [2.24, 2.45) is 0 Å². The summed E-state index contributed by atoms with van der Waals surface area (Å²) in [4.78, 5) is 0. The lowest BCUT2D eigenvalue weighted by atomic mass is 10.0. The van der Waals surface area contributed by atoms with Crippen molar-refractivity contribution in [2.75, 3.05) is 19.8 Å². The maximum Gasteiger partial charge on any atom is 0.113 e. The predicted molar refractivity (Wildman–Crippen MR) is 36.9 cm³/mol. The Morgan fingerprint density at radius 3 is 2.90 bits per heavy atom. The minimum Gasteiger partial charge on any atom is -0.385 e. The van der Waals surface area contributed by atoms with Crippen LogP contribution < -0.4 is 0 Å². The average Bonchev–Trinajstić information content (AvgIpc) is 2.13. The van der Waals surface area contributed by atoms with Crippen molar-refractivity contribution in [1.82, 2.24) is 0 Å². The van der Waals surface area contributed by atoms with Gasteiger partial charge in [-0.25, -0.2) is 0 Å². The van der Waals surface area contributed by atoms with E-state index in [-0.39, 0.29) is 6.10 Å². The first kappa shape index (κ1) is 7.98. The summed E-state index contributed by atoms with van der Waals surface area (Å²) in [5.41, 5.74) is -0.782. The summed E-state index contributed by atoms with van der Waals surface area (Å²) in [6.07, 6.45) is -0.141. The average molecular weight is 146 g/mol. The van der Waals surface area contributed by atoms with Gasteiger partial charge < -0.3 is 14.6 Å². The lowest BCUT2D eigenvalue weighted by Gasteiger charge is -2.22. The van der Waals surface area contributed by atoms with Crippen molar-refractivity contribution < 1.29 is 14.6 Å². The molecule has 1 heterocycles. The summed E-state index contributed by atoms with van der Waals surface area (Å²) in [5.74, 6) is 0. The Hall–Kier alpha value is -0.120. The molecular weight excluding hydrogens is 132 g/mol. The van der Waals surface area contributed by atoms with Gasteiger partial charge in [-0.15, -0.1) is 0 Å². The molecule has 0 aromatic heterocycles. The third kappa shape index (κ3) is 1.48. The number of rotatable bonds is 2. The monoisotopic (exact) mass is 146 g/mol. The fourth-order valence-corrected chi connectivity index (χ4v) is 1.07. The Labute approximate surface area is 60.9 Å². The van der Waals surface area contributed by atoms with Crippen LogP contribution in [0.25, 0.3) is 0 Å². The summed E-state index contributed by atoms with van der Waals surface area (Å²) >= 11 is 0. The van der Waals surface area contributed by atoms with Crippen molar-refractivity contribution in [3.8, 4) is 0 Å². The molecule has 1 fully saturated rings. The molecule has 0 radical (unpaired) electrons. The van der Waals surface area contributed by atoms with E-state index < -0.39 is 5.60 Å². The highest BCUT2D eigenvalue weighted by atomic mass is 16.6. The molecule has 2 atom stereocenters. The molecule has 1 rings (SSSR count). The second-order valence-electron chi connectivity index (χ2n) is 2.82. The first-order chi connectivity index (χ1) is 4.67. The topological polar surface area (TPSA) is 38.7 Å². The Morgan fingerprint density at radius 2 is 2.50 bits per heavy atom. The van der Waals surface area contributed by atoms with E-state index in [9.17, 15) is 5.11 Å². The van der Waals surface area contributed by atoms with Gasteiger partial charge in [-0.3, -0.25) is 0 Å². The zero-order valence-electron chi connectivity index (χ0n) is 6.46. The van der Waals surface area contributed by atoms with Crippen molar-refractivity contribution in [2.45, 2.75) is 25.6 Å². The van der Waals surface area contributed by atoms with Crippen molar-refractivity contribution in [3.63, 3.8) is 0 Å². The lowest BCUT2D eigenvalue weighted by Crippen LogP contribution is -2.39. The van der Waals surface area contributed by atoms with Crippen LogP contribution in [0.15, 0.2) is 0 Å². The summed E-state index contributed by atoms with van der Waals surface area (Å²) in [5, 5.41) is 9.54. The van der Waals surface area contributed by atoms with Crippen LogP contribution in [0, 0.1) is 0 Å². The van der Waals surface area contributed by atoms with E-state index >= 15 is 0 Å². The van der Waals surface area contributed by atoms with Crippen LogP contribution in [0.5, 0.6) is 0 Å². The molecule has 0 aliphatic carbocycles. The van der Waals surface area contributed by atoms with Gasteiger partial charge in [0.15, 0.2) is 0 Å². The fraction of sp³-hybridized carbons (Fsp3) is 1.00. The van der Waals surface area contributed by atoms with E-state index in [2.05, 4.69) is 0 Å². The number of aliphatic hydroxyl groups is 1. The molecule has 10 heavy (non-hydrogen) atoms. The second kappa shape index (κ2) is 2.86. The summed E-state index contributed by atoms with van der Waals surface area (Å²) in [6.45, 7) is 5.18. The molecule has 1 N–H and O–H groups in total. The van der Waals surface area contributed by atoms with E-state index in [0.29, 0.717) is 19.8 Å². The highest BCUT2D eigenvalue weighted by Crippen LogP contribution is 2.20. The molecule has 1 aliphatic rings. The van der Waals surface area contributed by atoms with Gasteiger partial charge in [0.25, 0.3) is 0 Å². The van der Waals surface area contributed by atoms with E-state index in [1.54, 1.807) is 6.92 Å². The van der Waals surface area contributed by atoms with Gasteiger partial charge in [-0.1, -0.05) is 0 Å². The first-order valence-electron chi connectivity index (χ1n) is 3.58. The molecule has 1 saturated heterocycles. The molecule has 0 unspecified atom stereocenters. The van der Waals surface area contributed by atoms with Gasteiger partial charge in [0.05, 0.1) is 13.2 Å². The number of hydrogen-bond donors (Lipinski definition) is 1. The Bertz CT molecular complexity index is 111. The van der Waals surface area contributed by atoms with E-state index in [4.69, 9.17) is 9.47 Å².